The molecule has 1 N–H and O–H groups in total. The van der Waals surface area contributed by atoms with Crippen LogP contribution in [0.3, 0.4) is 0 Å². The van der Waals surface area contributed by atoms with Crippen molar-refractivity contribution in [3.05, 3.63) is 29.1 Å². The third kappa shape index (κ3) is 2.26. The maximum atomic E-state index is 13.3. The predicted octanol–water partition coefficient (Wildman–Crippen LogP) is 2.26. The first-order valence-corrected chi connectivity index (χ1v) is 4.38. The summed E-state index contributed by atoms with van der Waals surface area (Å²) in [6.07, 6.45) is -1.42. The summed E-state index contributed by atoms with van der Waals surface area (Å²) in [5.41, 5.74) is -0.422. The first-order valence-electron chi connectivity index (χ1n) is 4.38. The molecule has 0 aliphatic carbocycles. The van der Waals surface area contributed by atoms with E-state index in [2.05, 4.69) is 4.74 Å². The van der Waals surface area contributed by atoms with Gasteiger partial charge in [0.25, 0.3) is 0 Å². The van der Waals surface area contributed by atoms with Crippen LogP contribution in [-0.2, 0) is 4.79 Å². The number of carboxylic acid groups (broad SMARTS) is 1. The van der Waals surface area contributed by atoms with E-state index in [1.165, 1.54) is 0 Å². The Hall–Kier alpha value is -1.72. The van der Waals surface area contributed by atoms with Crippen molar-refractivity contribution in [2.75, 3.05) is 0 Å². The van der Waals surface area contributed by atoms with Crippen LogP contribution in [0.1, 0.15) is 12.5 Å². The number of rotatable bonds is 3. The number of ether oxygens (including phenoxy) is 1. The van der Waals surface area contributed by atoms with Gasteiger partial charge in [0.2, 0.25) is 0 Å². The fourth-order valence-corrected chi connectivity index (χ4v) is 1.00. The standard InChI is InChI=1S/C10H9F3O3/c1-4-6(11)3-7(12)9(8(4)13)16-5(2)10(14)15/h3,5H,1-2H3,(H,14,15). The average Bonchev–Trinajstić information content (AvgIpc) is 2.20. The van der Waals surface area contributed by atoms with E-state index in [0.717, 1.165) is 13.8 Å². The number of benzene rings is 1. The molecule has 0 aliphatic rings. The van der Waals surface area contributed by atoms with Gasteiger partial charge in [-0.3, -0.25) is 0 Å². The number of hydrogen-bond donors (Lipinski definition) is 1. The first-order chi connectivity index (χ1) is 7.34. The third-order valence-corrected chi connectivity index (χ3v) is 2.00. The molecule has 16 heavy (non-hydrogen) atoms. The van der Waals surface area contributed by atoms with Gasteiger partial charge < -0.3 is 9.84 Å². The van der Waals surface area contributed by atoms with Crippen LogP contribution in [0.4, 0.5) is 13.2 Å². The van der Waals surface area contributed by atoms with Crippen molar-refractivity contribution in [1.29, 1.82) is 0 Å². The van der Waals surface area contributed by atoms with Gasteiger partial charge in [0.05, 0.1) is 0 Å². The highest BCUT2D eigenvalue weighted by molar-refractivity contribution is 5.72. The van der Waals surface area contributed by atoms with Crippen molar-refractivity contribution in [2.45, 2.75) is 20.0 Å². The van der Waals surface area contributed by atoms with E-state index >= 15 is 0 Å². The molecule has 0 radical (unpaired) electrons. The van der Waals surface area contributed by atoms with Crippen molar-refractivity contribution in [1.82, 2.24) is 0 Å². The Labute approximate surface area is 89.5 Å². The molecule has 0 aliphatic heterocycles. The summed E-state index contributed by atoms with van der Waals surface area (Å²) in [6, 6.07) is 0.447. The Morgan fingerprint density at radius 2 is 1.94 bits per heavy atom. The monoisotopic (exact) mass is 234 g/mol. The van der Waals surface area contributed by atoms with Crippen LogP contribution in [0.2, 0.25) is 0 Å². The lowest BCUT2D eigenvalue weighted by molar-refractivity contribution is -0.144. The summed E-state index contributed by atoms with van der Waals surface area (Å²) in [5.74, 6) is -5.81. The number of aliphatic carboxylic acids is 1. The minimum atomic E-state index is -1.42. The number of halogens is 3. The van der Waals surface area contributed by atoms with Gasteiger partial charge in [-0.1, -0.05) is 0 Å². The Morgan fingerprint density at radius 1 is 1.38 bits per heavy atom. The van der Waals surface area contributed by atoms with Crippen LogP contribution in [0.5, 0.6) is 5.75 Å². The van der Waals surface area contributed by atoms with Gasteiger partial charge in [0.1, 0.15) is 5.82 Å². The van der Waals surface area contributed by atoms with Crippen LogP contribution in [0, 0.1) is 24.4 Å². The van der Waals surface area contributed by atoms with E-state index in [9.17, 15) is 18.0 Å². The first kappa shape index (κ1) is 12.4. The molecule has 0 fully saturated rings. The maximum absolute atomic E-state index is 13.3. The minimum absolute atomic E-state index is 0.422. The van der Waals surface area contributed by atoms with Gasteiger partial charge in [-0.15, -0.1) is 0 Å². The van der Waals surface area contributed by atoms with Gasteiger partial charge in [-0.25, -0.2) is 18.0 Å². The maximum Gasteiger partial charge on any atom is 0.344 e. The molecule has 1 unspecified atom stereocenters. The van der Waals surface area contributed by atoms with E-state index in [-0.39, 0.29) is 0 Å². The molecule has 0 aromatic heterocycles. The zero-order chi connectivity index (χ0) is 12.5. The highest BCUT2D eigenvalue weighted by atomic mass is 19.1. The van der Waals surface area contributed by atoms with Crippen LogP contribution in [0.25, 0.3) is 0 Å². The van der Waals surface area contributed by atoms with Gasteiger partial charge in [-0.05, 0) is 13.8 Å². The van der Waals surface area contributed by atoms with Gasteiger partial charge in [0, 0.05) is 11.6 Å². The van der Waals surface area contributed by atoms with Crippen LogP contribution in [-0.4, -0.2) is 17.2 Å². The lowest BCUT2D eigenvalue weighted by atomic mass is 10.2. The Balaban J connectivity index is 3.14. The predicted molar refractivity (Wildman–Crippen MR) is 48.8 cm³/mol. The van der Waals surface area contributed by atoms with E-state index < -0.39 is 40.8 Å². The van der Waals surface area contributed by atoms with Crippen LogP contribution < -0.4 is 4.74 Å². The summed E-state index contributed by atoms with van der Waals surface area (Å²) in [7, 11) is 0. The zero-order valence-corrected chi connectivity index (χ0v) is 8.55. The van der Waals surface area contributed by atoms with Gasteiger partial charge >= 0.3 is 5.97 Å². The number of carboxylic acids is 1. The molecule has 1 aromatic rings. The molecule has 0 spiro atoms. The molecule has 0 saturated carbocycles. The lowest BCUT2D eigenvalue weighted by Crippen LogP contribution is -2.24. The van der Waals surface area contributed by atoms with Crippen molar-refractivity contribution in [3.63, 3.8) is 0 Å². The Kier molecular flexibility index (Phi) is 3.41. The molecule has 1 rings (SSSR count). The molecule has 88 valence electrons. The van der Waals surface area contributed by atoms with E-state index in [1.54, 1.807) is 0 Å². The SMILES string of the molecule is Cc1c(F)cc(F)c(OC(C)C(=O)O)c1F. The third-order valence-electron chi connectivity index (χ3n) is 2.00. The van der Waals surface area contributed by atoms with Crippen molar-refractivity contribution >= 4 is 5.97 Å². The fraction of sp³-hybridized carbons (Fsp3) is 0.300. The molecule has 0 saturated heterocycles. The number of hydrogen-bond acceptors (Lipinski definition) is 2. The van der Waals surface area contributed by atoms with Crippen molar-refractivity contribution < 1.29 is 27.8 Å². The normalized spacial score (nSPS) is 12.3. The second kappa shape index (κ2) is 4.42. The molecule has 0 amide bonds. The molecule has 0 bridgehead atoms. The topological polar surface area (TPSA) is 46.5 Å². The zero-order valence-electron chi connectivity index (χ0n) is 8.55. The van der Waals surface area contributed by atoms with E-state index in [0.29, 0.717) is 6.07 Å². The molecule has 6 heteroatoms. The Morgan fingerprint density at radius 3 is 2.44 bits per heavy atom. The minimum Gasteiger partial charge on any atom is -0.479 e. The van der Waals surface area contributed by atoms with Crippen LogP contribution in [0.15, 0.2) is 6.07 Å². The summed E-state index contributed by atoms with van der Waals surface area (Å²) >= 11 is 0. The highest BCUT2D eigenvalue weighted by Gasteiger charge is 2.22. The van der Waals surface area contributed by atoms with Crippen molar-refractivity contribution in [2.24, 2.45) is 0 Å². The van der Waals surface area contributed by atoms with Crippen molar-refractivity contribution in [3.8, 4) is 5.75 Å². The molecule has 0 heterocycles. The smallest absolute Gasteiger partial charge is 0.344 e. The average molecular weight is 234 g/mol. The van der Waals surface area contributed by atoms with Gasteiger partial charge in [-0.2, -0.15) is 0 Å². The van der Waals surface area contributed by atoms with E-state index in [4.69, 9.17) is 5.11 Å². The lowest BCUT2D eigenvalue weighted by Gasteiger charge is -2.13. The van der Waals surface area contributed by atoms with Crippen LogP contribution >= 0.6 is 0 Å². The summed E-state index contributed by atoms with van der Waals surface area (Å²) in [4.78, 5) is 10.4. The summed E-state index contributed by atoms with van der Waals surface area (Å²) < 4.78 is 43.9. The second-order valence-corrected chi connectivity index (χ2v) is 3.21. The highest BCUT2D eigenvalue weighted by Crippen LogP contribution is 2.27. The molecule has 1 atom stereocenters. The largest absolute Gasteiger partial charge is 0.479 e. The van der Waals surface area contributed by atoms with Gasteiger partial charge in [0.15, 0.2) is 23.5 Å². The summed E-state index contributed by atoms with van der Waals surface area (Å²) in [5, 5.41) is 8.51. The molecule has 3 nitrogen and oxygen atoms in total. The molecular weight excluding hydrogens is 225 g/mol. The summed E-state index contributed by atoms with van der Waals surface area (Å²) in [6.45, 7) is 2.21. The second-order valence-electron chi connectivity index (χ2n) is 3.21. The molecular formula is C10H9F3O3. The fourth-order valence-electron chi connectivity index (χ4n) is 1.00. The van der Waals surface area contributed by atoms with E-state index in [1.807, 2.05) is 0 Å². The number of carbonyl (C=O) groups is 1. The molecule has 1 aromatic carbocycles. The quantitative estimate of drug-likeness (QED) is 0.872. The Bertz CT molecular complexity index is 432.